The molecule has 0 radical (unpaired) electrons. The molecule has 3 aliphatic heterocycles. The Hall–Kier alpha value is -2.60. The van der Waals surface area contributed by atoms with Crippen molar-refractivity contribution in [2.45, 2.75) is 32.1 Å². The molecule has 3 aliphatic rings. The summed E-state index contributed by atoms with van der Waals surface area (Å²) in [5.74, 6) is 2.47. The maximum absolute atomic E-state index is 9.16. The predicted octanol–water partition coefficient (Wildman–Crippen LogP) is 5.73. The lowest BCUT2D eigenvalue weighted by Crippen LogP contribution is -2.33. The summed E-state index contributed by atoms with van der Waals surface area (Å²) in [4.78, 5) is 7.22. The molecule has 1 unspecified atom stereocenters. The highest BCUT2D eigenvalue weighted by molar-refractivity contribution is 6.30. The summed E-state index contributed by atoms with van der Waals surface area (Å²) >= 11 is 6.06. The number of fused-ring (bicyclic) bond motifs is 1. The number of aliphatic hydroxyl groups is 1. The molecule has 1 atom stereocenters. The highest BCUT2D eigenvalue weighted by Gasteiger charge is 2.28. The first kappa shape index (κ1) is 24.1. The van der Waals surface area contributed by atoms with E-state index in [1.807, 2.05) is 36.5 Å². The summed E-state index contributed by atoms with van der Waals surface area (Å²) in [5, 5.41) is 9.96. The van der Waals surface area contributed by atoms with Crippen molar-refractivity contribution in [1.82, 2.24) is 4.90 Å². The van der Waals surface area contributed by atoms with Crippen LogP contribution in [0.1, 0.15) is 43.2 Å². The fraction of sp³-hybridized carbons (Fsp3) is 0.414. The Morgan fingerprint density at radius 1 is 1.17 bits per heavy atom. The molecule has 1 fully saturated rings. The molecule has 1 saturated heterocycles. The van der Waals surface area contributed by atoms with Crippen LogP contribution in [-0.4, -0.2) is 55.7 Å². The minimum atomic E-state index is -0.00876. The van der Waals surface area contributed by atoms with Gasteiger partial charge in [-0.3, -0.25) is 4.99 Å². The molecule has 2 aromatic rings. The van der Waals surface area contributed by atoms with Gasteiger partial charge in [-0.1, -0.05) is 36.7 Å². The third-order valence-corrected chi connectivity index (χ3v) is 7.45. The van der Waals surface area contributed by atoms with Gasteiger partial charge in [-0.2, -0.15) is 0 Å². The van der Waals surface area contributed by atoms with Crippen LogP contribution in [0.25, 0.3) is 5.57 Å². The summed E-state index contributed by atoms with van der Waals surface area (Å²) in [6.45, 7) is 6.20. The number of likely N-dealkylation sites (tertiary alicyclic amines) is 1. The Balaban J connectivity index is 1.29. The van der Waals surface area contributed by atoms with Crippen molar-refractivity contribution in [2.75, 3.05) is 39.5 Å². The van der Waals surface area contributed by atoms with E-state index >= 15 is 0 Å². The van der Waals surface area contributed by atoms with Gasteiger partial charge in [0, 0.05) is 29.3 Å². The molecule has 0 aliphatic carbocycles. The van der Waals surface area contributed by atoms with Crippen molar-refractivity contribution >= 4 is 23.4 Å². The van der Waals surface area contributed by atoms with Gasteiger partial charge in [-0.25, -0.2) is 0 Å². The van der Waals surface area contributed by atoms with Gasteiger partial charge in [-0.15, -0.1) is 0 Å². The molecule has 0 aromatic heterocycles. The van der Waals surface area contributed by atoms with Gasteiger partial charge >= 0.3 is 0 Å². The largest absolute Gasteiger partial charge is 0.491 e. The molecule has 2 aromatic carbocycles. The van der Waals surface area contributed by atoms with Gasteiger partial charge in [0.1, 0.15) is 24.7 Å². The number of aliphatic hydroxyl groups excluding tert-OH is 1. The van der Waals surface area contributed by atoms with Crippen LogP contribution < -0.4 is 9.47 Å². The number of piperidine rings is 1. The smallest absolute Gasteiger partial charge is 0.131 e. The number of hydrogen-bond donors (Lipinski definition) is 1. The van der Waals surface area contributed by atoms with Crippen LogP contribution in [0.15, 0.2) is 64.8 Å². The predicted molar refractivity (Wildman–Crippen MR) is 142 cm³/mol. The van der Waals surface area contributed by atoms with Gasteiger partial charge in [0.2, 0.25) is 0 Å². The molecule has 0 spiro atoms. The highest BCUT2D eigenvalue weighted by atomic mass is 35.5. The lowest BCUT2D eigenvalue weighted by molar-refractivity contribution is 0.201. The Morgan fingerprint density at radius 3 is 2.74 bits per heavy atom. The number of ether oxygens (including phenoxy) is 2. The molecule has 0 amide bonds. The van der Waals surface area contributed by atoms with E-state index in [4.69, 9.17) is 26.2 Å². The van der Waals surface area contributed by atoms with Crippen LogP contribution in [0, 0.1) is 5.92 Å². The van der Waals surface area contributed by atoms with Gasteiger partial charge in [0.05, 0.1) is 12.3 Å². The number of allylic oxidation sites excluding steroid dienone is 2. The lowest BCUT2D eigenvalue weighted by Gasteiger charge is -2.32. The van der Waals surface area contributed by atoms with Crippen LogP contribution in [0.4, 0.5) is 0 Å². The Labute approximate surface area is 212 Å². The van der Waals surface area contributed by atoms with Gasteiger partial charge in [0.15, 0.2) is 0 Å². The lowest BCUT2D eigenvalue weighted by atomic mass is 9.88. The van der Waals surface area contributed by atoms with Crippen LogP contribution in [0.2, 0.25) is 5.02 Å². The second-order valence-electron chi connectivity index (χ2n) is 9.52. The summed E-state index contributed by atoms with van der Waals surface area (Å²) in [7, 11) is 0. The van der Waals surface area contributed by atoms with E-state index in [0.29, 0.717) is 12.5 Å². The van der Waals surface area contributed by atoms with Crippen LogP contribution in [0.5, 0.6) is 11.5 Å². The zero-order valence-corrected chi connectivity index (χ0v) is 21.0. The summed E-state index contributed by atoms with van der Waals surface area (Å²) in [6, 6.07) is 14.3. The SMILES string of the molecule is CC1C=NC2=C1C(=CCCN1CCC(c3ccc(Cl)cc3)CC1)c1cc(OCCO)ccc1OC2. The Bertz CT molecular complexity index is 1130. The number of nitrogens with zero attached hydrogens (tertiary/aromatic N) is 2. The fourth-order valence-corrected chi connectivity index (χ4v) is 5.48. The first-order valence-electron chi connectivity index (χ1n) is 12.6. The van der Waals surface area contributed by atoms with E-state index < -0.39 is 0 Å². The van der Waals surface area contributed by atoms with E-state index in [1.165, 1.54) is 29.6 Å². The van der Waals surface area contributed by atoms with Crippen molar-refractivity contribution in [3.05, 3.63) is 76.0 Å². The summed E-state index contributed by atoms with van der Waals surface area (Å²) < 4.78 is 11.8. The molecule has 1 N–H and O–H groups in total. The number of benzene rings is 2. The minimum Gasteiger partial charge on any atom is -0.491 e. The van der Waals surface area contributed by atoms with E-state index in [-0.39, 0.29) is 19.1 Å². The number of rotatable bonds is 7. The molecule has 3 heterocycles. The zero-order chi connectivity index (χ0) is 24.2. The van der Waals surface area contributed by atoms with Crippen molar-refractivity contribution < 1.29 is 14.6 Å². The topological polar surface area (TPSA) is 54.3 Å². The summed E-state index contributed by atoms with van der Waals surface area (Å²) in [5.41, 5.74) is 5.92. The van der Waals surface area contributed by atoms with E-state index in [1.54, 1.807) is 0 Å². The Morgan fingerprint density at radius 2 is 1.97 bits per heavy atom. The molecule has 0 bridgehead atoms. The van der Waals surface area contributed by atoms with Crippen molar-refractivity contribution in [3.63, 3.8) is 0 Å². The van der Waals surface area contributed by atoms with Crippen LogP contribution >= 0.6 is 11.6 Å². The second-order valence-corrected chi connectivity index (χ2v) is 9.96. The van der Waals surface area contributed by atoms with Gasteiger partial charge < -0.3 is 19.5 Å². The monoisotopic (exact) mass is 492 g/mol. The minimum absolute atomic E-state index is 0.00876. The standard InChI is InChI=1S/C29H33ClN2O3/c1-20-18-31-27-19-35-28-9-8-24(34-16-15-33)17-26(28)25(29(20)27)3-2-12-32-13-10-22(11-14-32)21-4-6-23(30)7-5-21/h3-9,17-18,20,22,33H,2,10-16,19H2,1H3. The second kappa shape index (κ2) is 11.0. The molecule has 5 nitrogen and oxygen atoms in total. The average molecular weight is 493 g/mol. The molecular formula is C29H33ClN2O3. The third-order valence-electron chi connectivity index (χ3n) is 7.20. The van der Waals surface area contributed by atoms with Gasteiger partial charge in [-0.05, 0) is 85.3 Å². The third kappa shape index (κ3) is 5.48. The van der Waals surface area contributed by atoms with Crippen molar-refractivity contribution in [2.24, 2.45) is 10.9 Å². The first-order chi connectivity index (χ1) is 17.1. The fourth-order valence-electron chi connectivity index (χ4n) is 5.35. The maximum atomic E-state index is 9.16. The van der Waals surface area contributed by atoms with Crippen molar-refractivity contribution in [1.29, 1.82) is 0 Å². The molecule has 6 heteroatoms. The quantitative estimate of drug-likeness (QED) is 0.536. The van der Waals surface area contributed by atoms with Crippen molar-refractivity contribution in [3.8, 4) is 11.5 Å². The maximum Gasteiger partial charge on any atom is 0.131 e. The number of aliphatic imine (C=N–C) groups is 1. The molecule has 35 heavy (non-hydrogen) atoms. The van der Waals surface area contributed by atoms with E-state index in [0.717, 1.165) is 53.8 Å². The normalized spacial score (nSPS) is 21.6. The molecule has 184 valence electrons. The number of halogens is 1. The van der Waals surface area contributed by atoms with E-state index in [2.05, 4.69) is 35.0 Å². The van der Waals surface area contributed by atoms with Gasteiger partial charge in [0.25, 0.3) is 0 Å². The Kier molecular flexibility index (Phi) is 7.57. The van der Waals surface area contributed by atoms with Crippen LogP contribution in [0.3, 0.4) is 0 Å². The number of hydrogen-bond acceptors (Lipinski definition) is 5. The average Bonchev–Trinajstić information content (AvgIpc) is 3.17. The molecule has 0 saturated carbocycles. The van der Waals surface area contributed by atoms with E-state index in [9.17, 15) is 0 Å². The first-order valence-corrected chi connectivity index (χ1v) is 13.0. The van der Waals surface area contributed by atoms with Crippen LogP contribution in [-0.2, 0) is 0 Å². The summed E-state index contributed by atoms with van der Waals surface area (Å²) in [6.07, 6.45) is 7.70. The highest BCUT2D eigenvalue weighted by Crippen LogP contribution is 2.43. The molecular weight excluding hydrogens is 460 g/mol. The molecule has 5 rings (SSSR count). The zero-order valence-electron chi connectivity index (χ0n) is 20.3.